The summed E-state index contributed by atoms with van der Waals surface area (Å²) in [4.78, 5) is 22.8. The number of nitro groups is 1. The van der Waals surface area contributed by atoms with Crippen molar-refractivity contribution in [1.82, 2.24) is 0 Å². The molecule has 0 atom stereocenters. The Morgan fingerprint density at radius 1 is 1.38 bits per heavy atom. The highest BCUT2D eigenvalue weighted by Gasteiger charge is 2.09. The third kappa shape index (κ3) is 3.32. The zero-order chi connectivity index (χ0) is 15.4. The SMILES string of the molecule is N#CC(=Cc1ccc(-c2cccc([N+](=O)[O-])c2)s1)C(N)=O. The maximum atomic E-state index is 11.0. The molecule has 0 fully saturated rings. The van der Waals surface area contributed by atoms with Crippen molar-refractivity contribution >= 4 is 29.0 Å². The van der Waals surface area contributed by atoms with E-state index in [0.717, 1.165) is 4.88 Å². The number of benzene rings is 1. The van der Waals surface area contributed by atoms with E-state index in [4.69, 9.17) is 11.0 Å². The summed E-state index contributed by atoms with van der Waals surface area (Å²) in [7, 11) is 0. The lowest BCUT2D eigenvalue weighted by atomic mass is 10.1. The van der Waals surface area contributed by atoms with Gasteiger partial charge in [-0.15, -0.1) is 11.3 Å². The van der Waals surface area contributed by atoms with Gasteiger partial charge in [-0.25, -0.2) is 0 Å². The molecule has 0 spiro atoms. The first-order valence-corrected chi connectivity index (χ1v) is 6.59. The second-order valence-electron chi connectivity index (χ2n) is 4.04. The largest absolute Gasteiger partial charge is 0.365 e. The number of nitriles is 1. The minimum Gasteiger partial charge on any atom is -0.365 e. The van der Waals surface area contributed by atoms with Gasteiger partial charge in [-0.1, -0.05) is 12.1 Å². The zero-order valence-electron chi connectivity index (χ0n) is 10.6. The van der Waals surface area contributed by atoms with Gasteiger partial charge in [0.25, 0.3) is 11.6 Å². The average Bonchev–Trinajstić information content (AvgIpc) is 2.93. The van der Waals surface area contributed by atoms with Crippen LogP contribution < -0.4 is 5.73 Å². The van der Waals surface area contributed by atoms with E-state index in [1.165, 1.54) is 29.5 Å². The van der Waals surface area contributed by atoms with Gasteiger partial charge in [0, 0.05) is 21.9 Å². The van der Waals surface area contributed by atoms with Crippen LogP contribution in [0.4, 0.5) is 5.69 Å². The molecule has 104 valence electrons. The summed E-state index contributed by atoms with van der Waals surface area (Å²) >= 11 is 1.31. The molecule has 0 saturated carbocycles. The molecule has 0 unspecified atom stereocenters. The van der Waals surface area contributed by atoms with Crippen molar-refractivity contribution in [3.8, 4) is 16.5 Å². The number of rotatable bonds is 4. The van der Waals surface area contributed by atoms with E-state index in [2.05, 4.69) is 0 Å². The first-order valence-electron chi connectivity index (χ1n) is 5.77. The normalized spacial score (nSPS) is 10.9. The van der Waals surface area contributed by atoms with E-state index in [1.54, 1.807) is 30.3 Å². The van der Waals surface area contributed by atoms with Crippen LogP contribution in [0.2, 0.25) is 0 Å². The summed E-state index contributed by atoms with van der Waals surface area (Å²) in [5, 5.41) is 19.6. The lowest BCUT2D eigenvalue weighted by Gasteiger charge is -1.97. The lowest BCUT2D eigenvalue weighted by Crippen LogP contribution is -2.12. The molecule has 0 radical (unpaired) electrons. The van der Waals surface area contributed by atoms with Crippen LogP contribution in [-0.2, 0) is 4.79 Å². The lowest BCUT2D eigenvalue weighted by molar-refractivity contribution is -0.384. The number of carbonyl (C=O) groups excluding carboxylic acids is 1. The Kier molecular flexibility index (Phi) is 4.11. The van der Waals surface area contributed by atoms with Gasteiger partial charge in [-0.3, -0.25) is 14.9 Å². The van der Waals surface area contributed by atoms with Crippen molar-refractivity contribution < 1.29 is 9.72 Å². The van der Waals surface area contributed by atoms with Crippen LogP contribution >= 0.6 is 11.3 Å². The number of amides is 1. The number of hydrogen-bond donors (Lipinski definition) is 1. The molecule has 0 bridgehead atoms. The summed E-state index contributed by atoms with van der Waals surface area (Å²) in [6.45, 7) is 0. The molecule has 0 saturated heterocycles. The third-order valence-corrected chi connectivity index (χ3v) is 3.72. The standard InChI is InChI=1S/C14H9N3O3S/c15-8-10(14(16)18)7-12-4-5-13(21-12)9-2-1-3-11(6-9)17(19)20/h1-7H,(H2,16,18). The predicted octanol–water partition coefficient (Wildman–Crippen LogP) is 2.72. The van der Waals surface area contributed by atoms with Crippen LogP contribution in [-0.4, -0.2) is 10.8 Å². The van der Waals surface area contributed by atoms with Crippen LogP contribution in [0, 0.1) is 21.4 Å². The molecule has 0 aliphatic rings. The van der Waals surface area contributed by atoms with E-state index in [0.29, 0.717) is 10.4 Å². The van der Waals surface area contributed by atoms with Crippen LogP contribution in [0.25, 0.3) is 16.5 Å². The van der Waals surface area contributed by atoms with E-state index in [-0.39, 0.29) is 11.3 Å². The topological polar surface area (TPSA) is 110 Å². The molecule has 2 N–H and O–H groups in total. The number of nitrogens with zero attached hydrogens (tertiary/aromatic N) is 2. The third-order valence-electron chi connectivity index (χ3n) is 2.64. The maximum absolute atomic E-state index is 11.0. The van der Waals surface area contributed by atoms with Gasteiger partial charge in [-0.2, -0.15) is 5.26 Å². The number of nitrogens with two attached hydrogens (primary N) is 1. The van der Waals surface area contributed by atoms with Crippen LogP contribution in [0.5, 0.6) is 0 Å². The van der Waals surface area contributed by atoms with Gasteiger partial charge >= 0.3 is 0 Å². The van der Waals surface area contributed by atoms with Crippen LogP contribution in [0.3, 0.4) is 0 Å². The number of thiophene rings is 1. The first-order chi connectivity index (χ1) is 10.0. The molecule has 2 rings (SSSR count). The fourth-order valence-electron chi connectivity index (χ4n) is 1.66. The Balaban J connectivity index is 2.37. The summed E-state index contributed by atoms with van der Waals surface area (Å²) in [5.41, 5.74) is 5.64. The number of carbonyl (C=O) groups is 1. The summed E-state index contributed by atoms with van der Waals surface area (Å²) < 4.78 is 0. The smallest absolute Gasteiger partial charge is 0.270 e. The number of hydrogen-bond acceptors (Lipinski definition) is 5. The first kappa shape index (κ1) is 14.4. The minimum absolute atomic E-state index is 0.00726. The Bertz CT molecular complexity index is 787. The molecule has 1 aromatic heterocycles. The monoisotopic (exact) mass is 299 g/mol. The van der Waals surface area contributed by atoms with E-state index >= 15 is 0 Å². The maximum Gasteiger partial charge on any atom is 0.270 e. The summed E-state index contributed by atoms with van der Waals surface area (Å²) in [6, 6.07) is 11.5. The van der Waals surface area contributed by atoms with Crippen molar-refractivity contribution in [3.63, 3.8) is 0 Å². The fourth-order valence-corrected chi connectivity index (χ4v) is 2.61. The van der Waals surface area contributed by atoms with Gasteiger partial charge < -0.3 is 5.73 Å². The molecule has 1 aromatic carbocycles. The fraction of sp³-hybridized carbons (Fsp3) is 0. The molecule has 1 amide bonds. The summed E-state index contributed by atoms with van der Waals surface area (Å²) in [5.74, 6) is -0.789. The van der Waals surface area contributed by atoms with Crippen LogP contribution in [0.15, 0.2) is 42.0 Å². The Morgan fingerprint density at radius 3 is 2.76 bits per heavy atom. The van der Waals surface area contributed by atoms with Gasteiger partial charge in [0.15, 0.2) is 0 Å². The highest BCUT2D eigenvalue weighted by atomic mass is 32.1. The molecule has 0 aliphatic heterocycles. The predicted molar refractivity (Wildman–Crippen MR) is 79.2 cm³/mol. The zero-order valence-corrected chi connectivity index (χ0v) is 11.5. The molecule has 6 nitrogen and oxygen atoms in total. The summed E-state index contributed by atoms with van der Waals surface area (Å²) in [6.07, 6.45) is 1.40. The second-order valence-corrected chi connectivity index (χ2v) is 5.16. The highest BCUT2D eigenvalue weighted by molar-refractivity contribution is 7.16. The van der Waals surface area contributed by atoms with Crippen molar-refractivity contribution in [1.29, 1.82) is 5.26 Å². The van der Waals surface area contributed by atoms with Gasteiger partial charge in [0.05, 0.1) is 4.92 Å². The molecular formula is C14H9N3O3S. The van der Waals surface area contributed by atoms with Gasteiger partial charge in [0.1, 0.15) is 11.6 Å². The Morgan fingerprint density at radius 2 is 2.14 bits per heavy atom. The van der Waals surface area contributed by atoms with Crippen LogP contribution in [0.1, 0.15) is 4.88 Å². The number of nitro benzene ring substituents is 1. The van der Waals surface area contributed by atoms with Crippen molar-refractivity contribution in [2.45, 2.75) is 0 Å². The average molecular weight is 299 g/mol. The molecule has 2 aromatic rings. The highest BCUT2D eigenvalue weighted by Crippen LogP contribution is 2.31. The number of non-ortho nitro benzene ring substituents is 1. The van der Waals surface area contributed by atoms with Gasteiger partial charge in [-0.05, 0) is 23.8 Å². The van der Waals surface area contributed by atoms with E-state index < -0.39 is 10.8 Å². The molecule has 21 heavy (non-hydrogen) atoms. The van der Waals surface area contributed by atoms with Crippen molar-refractivity contribution in [2.24, 2.45) is 5.73 Å². The Hall–Kier alpha value is -2.98. The molecule has 0 aliphatic carbocycles. The minimum atomic E-state index is -0.789. The second kappa shape index (κ2) is 5.98. The molecule has 7 heteroatoms. The quantitative estimate of drug-likeness (QED) is 0.405. The van der Waals surface area contributed by atoms with Crippen molar-refractivity contribution in [3.05, 3.63) is 57.0 Å². The van der Waals surface area contributed by atoms with E-state index in [9.17, 15) is 14.9 Å². The van der Waals surface area contributed by atoms with Crippen molar-refractivity contribution in [2.75, 3.05) is 0 Å². The molecular weight excluding hydrogens is 290 g/mol. The Labute approximate surface area is 123 Å². The number of primary amides is 1. The van der Waals surface area contributed by atoms with Gasteiger partial charge in [0.2, 0.25) is 0 Å². The van der Waals surface area contributed by atoms with E-state index in [1.807, 2.05) is 0 Å². The molecule has 1 heterocycles.